The van der Waals surface area contributed by atoms with Gasteiger partial charge in [-0.05, 0) is 36.5 Å². The van der Waals surface area contributed by atoms with Gasteiger partial charge in [0, 0.05) is 43.9 Å². The SMILES string of the molecule is COc1cc(N2CCN(S(C)(=O)=O)CC2)ccc1-c1nc2snc(C3CCCCC3)c2c(=O)[nH]1. The van der Waals surface area contributed by atoms with E-state index in [2.05, 4.69) is 14.3 Å². The van der Waals surface area contributed by atoms with Crippen molar-refractivity contribution >= 4 is 37.5 Å². The van der Waals surface area contributed by atoms with Gasteiger partial charge in [0.15, 0.2) is 4.83 Å². The van der Waals surface area contributed by atoms with E-state index in [0.717, 1.165) is 24.2 Å². The first-order valence-corrected chi connectivity index (χ1v) is 14.3. The van der Waals surface area contributed by atoms with E-state index in [9.17, 15) is 13.2 Å². The van der Waals surface area contributed by atoms with Gasteiger partial charge in [-0.3, -0.25) is 4.79 Å². The molecule has 182 valence electrons. The van der Waals surface area contributed by atoms with Crippen LogP contribution in [0, 0.1) is 0 Å². The van der Waals surface area contributed by atoms with Gasteiger partial charge < -0.3 is 14.6 Å². The summed E-state index contributed by atoms with van der Waals surface area (Å²) in [5.41, 5.74) is 2.38. The number of piperazine rings is 1. The van der Waals surface area contributed by atoms with Crippen molar-refractivity contribution < 1.29 is 13.2 Å². The number of benzene rings is 1. The normalized spacial score (nSPS) is 18.5. The number of rotatable bonds is 5. The third-order valence-electron chi connectivity index (χ3n) is 6.88. The minimum absolute atomic E-state index is 0.155. The first-order valence-electron chi connectivity index (χ1n) is 11.6. The molecule has 34 heavy (non-hydrogen) atoms. The molecule has 1 aromatic carbocycles. The fourth-order valence-electron chi connectivity index (χ4n) is 5.01. The Kier molecular flexibility index (Phi) is 6.34. The Hall–Kier alpha value is -2.50. The smallest absolute Gasteiger partial charge is 0.261 e. The Labute approximate surface area is 203 Å². The number of hydrogen-bond donors (Lipinski definition) is 1. The van der Waals surface area contributed by atoms with Crippen LogP contribution >= 0.6 is 11.5 Å². The zero-order chi connectivity index (χ0) is 23.9. The minimum Gasteiger partial charge on any atom is -0.496 e. The van der Waals surface area contributed by atoms with E-state index in [1.807, 2.05) is 18.2 Å². The lowest BCUT2D eigenvalue weighted by Crippen LogP contribution is -2.48. The minimum atomic E-state index is -3.18. The lowest BCUT2D eigenvalue weighted by atomic mass is 9.86. The van der Waals surface area contributed by atoms with E-state index >= 15 is 0 Å². The fraction of sp³-hybridized carbons (Fsp3) is 0.522. The van der Waals surface area contributed by atoms with Crippen LogP contribution in [0.3, 0.4) is 0 Å². The molecular formula is C23H29N5O4S2. The number of ether oxygens (including phenoxy) is 1. The number of methoxy groups -OCH3 is 1. The summed E-state index contributed by atoms with van der Waals surface area (Å²) in [6.07, 6.45) is 7.01. The molecule has 1 aliphatic heterocycles. The maximum Gasteiger partial charge on any atom is 0.261 e. The zero-order valence-corrected chi connectivity index (χ0v) is 21.0. The van der Waals surface area contributed by atoms with Crippen molar-refractivity contribution in [3.05, 3.63) is 34.2 Å². The number of aromatic amines is 1. The van der Waals surface area contributed by atoms with Gasteiger partial charge in [-0.2, -0.15) is 8.68 Å². The van der Waals surface area contributed by atoms with Crippen molar-refractivity contribution in [2.24, 2.45) is 0 Å². The predicted octanol–water partition coefficient (Wildman–Crippen LogP) is 3.18. The van der Waals surface area contributed by atoms with Gasteiger partial charge in [-0.1, -0.05) is 19.3 Å². The number of nitrogens with zero attached hydrogens (tertiary/aromatic N) is 4. The Balaban J connectivity index is 1.43. The highest BCUT2D eigenvalue weighted by Gasteiger charge is 2.26. The monoisotopic (exact) mass is 503 g/mol. The molecule has 1 saturated heterocycles. The van der Waals surface area contributed by atoms with Crippen molar-refractivity contribution in [3.8, 4) is 17.1 Å². The number of nitrogens with one attached hydrogen (secondary N) is 1. The van der Waals surface area contributed by atoms with Crippen molar-refractivity contribution in [3.63, 3.8) is 0 Å². The maximum atomic E-state index is 13.1. The highest BCUT2D eigenvalue weighted by Crippen LogP contribution is 2.37. The average Bonchev–Trinajstić information content (AvgIpc) is 3.28. The molecule has 5 rings (SSSR count). The van der Waals surface area contributed by atoms with Gasteiger partial charge in [-0.25, -0.2) is 13.4 Å². The summed E-state index contributed by atoms with van der Waals surface area (Å²) < 4.78 is 35.4. The van der Waals surface area contributed by atoms with E-state index in [1.165, 1.54) is 41.4 Å². The molecule has 0 unspecified atom stereocenters. The van der Waals surface area contributed by atoms with Gasteiger partial charge in [-0.15, -0.1) is 0 Å². The summed E-state index contributed by atoms with van der Waals surface area (Å²) in [5.74, 6) is 1.40. The molecule has 1 N–H and O–H groups in total. The molecule has 2 aromatic heterocycles. The van der Waals surface area contributed by atoms with Crippen molar-refractivity contribution in [1.29, 1.82) is 0 Å². The molecule has 1 aliphatic carbocycles. The van der Waals surface area contributed by atoms with Crippen LogP contribution in [0.5, 0.6) is 5.75 Å². The second kappa shape index (κ2) is 9.27. The number of H-pyrrole nitrogens is 1. The van der Waals surface area contributed by atoms with Crippen molar-refractivity contribution in [2.45, 2.75) is 38.0 Å². The van der Waals surface area contributed by atoms with Crippen LogP contribution in [0.2, 0.25) is 0 Å². The zero-order valence-electron chi connectivity index (χ0n) is 19.4. The summed E-state index contributed by atoms with van der Waals surface area (Å²) in [6.45, 7) is 2.09. The Morgan fingerprint density at radius 3 is 2.53 bits per heavy atom. The molecular weight excluding hydrogens is 474 g/mol. The lowest BCUT2D eigenvalue weighted by molar-refractivity contribution is 0.387. The average molecular weight is 504 g/mol. The van der Waals surface area contributed by atoms with E-state index in [0.29, 0.717) is 59.5 Å². The summed E-state index contributed by atoms with van der Waals surface area (Å²) in [6, 6.07) is 5.76. The van der Waals surface area contributed by atoms with Crippen LogP contribution < -0.4 is 15.2 Å². The third-order valence-corrected chi connectivity index (χ3v) is 8.94. The Morgan fingerprint density at radius 2 is 1.85 bits per heavy atom. The third kappa shape index (κ3) is 4.44. The topological polar surface area (TPSA) is 108 Å². The van der Waals surface area contributed by atoms with Crippen LogP contribution in [0.1, 0.15) is 43.7 Å². The molecule has 0 radical (unpaired) electrons. The molecule has 11 heteroatoms. The molecule has 1 saturated carbocycles. The summed E-state index contributed by atoms with van der Waals surface area (Å²) in [4.78, 5) is 23.6. The van der Waals surface area contributed by atoms with Gasteiger partial charge in [0.05, 0.1) is 24.6 Å². The van der Waals surface area contributed by atoms with Crippen LogP contribution in [0.4, 0.5) is 5.69 Å². The number of anilines is 1. The van der Waals surface area contributed by atoms with Gasteiger partial charge >= 0.3 is 0 Å². The van der Waals surface area contributed by atoms with E-state index < -0.39 is 10.0 Å². The Bertz CT molecular complexity index is 1350. The second-order valence-electron chi connectivity index (χ2n) is 9.03. The number of hydrogen-bond acceptors (Lipinski definition) is 8. The van der Waals surface area contributed by atoms with Crippen molar-refractivity contribution in [2.75, 3.05) is 44.4 Å². The standard InChI is InChI=1S/C23H29N5O4S2/c1-32-18-14-16(27-10-12-28(13-11-27)34(2,30)31)8-9-17(18)21-24-22(29)19-20(26-33-23(19)25-21)15-6-4-3-5-7-15/h8-9,14-15H,3-7,10-13H2,1-2H3,(H,24,25,29). The predicted molar refractivity (Wildman–Crippen MR) is 134 cm³/mol. The van der Waals surface area contributed by atoms with Gasteiger partial charge in [0.2, 0.25) is 10.0 Å². The van der Waals surface area contributed by atoms with E-state index in [4.69, 9.17) is 9.72 Å². The highest BCUT2D eigenvalue weighted by molar-refractivity contribution is 7.88. The summed E-state index contributed by atoms with van der Waals surface area (Å²) >= 11 is 1.29. The molecule has 0 amide bonds. The maximum absolute atomic E-state index is 13.1. The van der Waals surface area contributed by atoms with Crippen molar-refractivity contribution in [1.82, 2.24) is 18.6 Å². The molecule has 3 aromatic rings. The van der Waals surface area contributed by atoms with Crippen LogP contribution in [-0.2, 0) is 10.0 Å². The van der Waals surface area contributed by atoms with E-state index in [1.54, 1.807) is 7.11 Å². The molecule has 0 atom stereocenters. The fourth-order valence-corrected chi connectivity index (χ4v) is 6.69. The molecule has 2 aliphatic rings. The van der Waals surface area contributed by atoms with Crippen LogP contribution in [0.15, 0.2) is 23.0 Å². The largest absolute Gasteiger partial charge is 0.496 e. The lowest BCUT2D eigenvalue weighted by Gasteiger charge is -2.35. The number of sulfonamides is 1. The molecule has 9 nitrogen and oxygen atoms in total. The number of fused-ring (bicyclic) bond motifs is 1. The number of aromatic nitrogens is 3. The Morgan fingerprint density at radius 1 is 1.12 bits per heavy atom. The first kappa shape index (κ1) is 23.3. The molecule has 0 bridgehead atoms. The quantitative estimate of drug-likeness (QED) is 0.570. The van der Waals surface area contributed by atoms with Gasteiger partial charge in [0.1, 0.15) is 17.0 Å². The molecule has 0 spiro atoms. The second-order valence-corrected chi connectivity index (χ2v) is 11.8. The van der Waals surface area contributed by atoms with Gasteiger partial charge in [0.25, 0.3) is 5.56 Å². The van der Waals surface area contributed by atoms with E-state index in [-0.39, 0.29) is 5.56 Å². The highest BCUT2D eigenvalue weighted by atomic mass is 32.2. The van der Waals surface area contributed by atoms with Crippen LogP contribution in [-0.4, -0.2) is 66.6 Å². The molecule has 3 heterocycles. The molecule has 2 fully saturated rings. The summed E-state index contributed by atoms with van der Waals surface area (Å²) in [7, 11) is -1.59. The van der Waals surface area contributed by atoms with Crippen LogP contribution in [0.25, 0.3) is 21.6 Å². The first-order chi connectivity index (χ1) is 16.3. The summed E-state index contributed by atoms with van der Waals surface area (Å²) in [5, 5.41) is 0.625.